The monoisotopic (exact) mass is 366 g/mol. The normalized spacial score (nSPS) is 19.0. The standard InChI is InChI=1S/C19H26N2OS.ClH/c1-21(14-16-6-3-2-4-7-16)19(18-15-22-12-11-20-18)10-9-17-8-5-13-23-17;/h2-8,13,18-20H,9-12,14-15H2,1H3;1H. The van der Waals surface area contributed by atoms with E-state index in [0.29, 0.717) is 12.1 Å². The van der Waals surface area contributed by atoms with Crippen molar-refractivity contribution in [1.29, 1.82) is 0 Å². The van der Waals surface area contributed by atoms with E-state index >= 15 is 0 Å². The molecule has 0 bridgehead atoms. The molecule has 1 aromatic carbocycles. The van der Waals surface area contributed by atoms with Crippen molar-refractivity contribution < 1.29 is 4.74 Å². The number of halogens is 1. The topological polar surface area (TPSA) is 24.5 Å². The van der Waals surface area contributed by atoms with Crippen LogP contribution in [0.1, 0.15) is 16.9 Å². The van der Waals surface area contributed by atoms with Crippen molar-refractivity contribution >= 4 is 23.7 Å². The summed E-state index contributed by atoms with van der Waals surface area (Å²) in [4.78, 5) is 3.95. The van der Waals surface area contributed by atoms with Gasteiger partial charge in [-0.15, -0.1) is 23.7 Å². The van der Waals surface area contributed by atoms with Gasteiger partial charge in [-0.25, -0.2) is 0 Å². The van der Waals surface area contributed by atoms with E-state index in [0.717, 1.165) is 39.1 Å². The van der Waals surface area contributed by atoms with Crippen LogP contribution in [0.3, 0.4) is 0 Å². The predicted molar refractivity (Wildman–Crippen MR) is 104 cm³/mol. The quantitative estimate of drug-likeness (QED) is 0.810. The highest BCUT2D eigenvalue weighted by Crippen LogP contribution is 2.19. The van der Waals surface area contributed by atoms with Crippen LogP contribution in [0, 0.1) is 0 Å². The first-order valence-electron chi connectivity index (χ1n) is 8.40. The van der Waals surface area contributed by atoms with Gasteiger partial charge >= 0.3 is 0 Å². The van der Waals surface area contributed by atoms with Gasteiger partial charge in [-0.3, -0.25) is 4.90 Å². The zero-order valence-corrected chi connectivity index (χ0v) is 15.8. The minimum absolute atomic E-state index is 0. The van der Waals surface area contributed by atoms with Crippen LogP contribution in [-0.2, 0) is 17.7 Å². The van der Waals surface area contributed by atoms with Gasteiger partial charge in [0.1, 0.15) is 0 Å². The van der Waals surface area contributed by atoms with Gasteiger partial charge in [-0.05, 0) is 36.9 Å². The van der Waals surface area contributed by atoms with Crippen LogP contribution >= 0.6 is 23.7 Å². The summed E-state index contributed by atoms with van der Waals surface area (Å²) in [5.74, 6) is 0. The van der Waals surface area contributed by atoms with Crippen molar-refractivity contribution in [2.75, 3.05) is 26.8 Å². The van der Waals surface area contributed by atoms with E-state index in [1.165, 1.54) is 10.4 Å². The molecular weight excluding hydrogens is 340 g/mol. The number of nitrogens with one attached hydrogen (secondary N) is 1. The lowest BCUT2D eigenvalue weighted by Crippen LogP contribution is -2.54. The SMILES string of the molecule is CN(Cc1ccccc1)C(CCc1cccs1)C1COCCN1.Cl. The zero-order valence-electron chi connectivity index (χ0n) is 14.2. The first kappa shape index (κ1) is 19.4. The summed E-state index contributed by atoms with van der Waals surface area (Å²) in [6.45, 7) is 3.58. The van der Waals surface area contributed by atoms with Gasteiger partial charge in [0.05, 0.1) is 13.2 Å². The minimum Gasteiger partial charge on any atom is -0.378 e. The van der Waals surface area contributed by atoms with E-state index in [4.69, 9.17) is 4.74 Å². The first-order valence-corrected chi connectivity index (χ1v) is 9.28. The smallest absolute Gasteiger partial charge is 0.0635 e. The molecule has 0 amide bonds. The molecule has 2 unspecified atom stereocenters. The van der Waals surface area contributed by atoms with Crippen LogP contribution in [0.5, 0.6) is 0 Å². The Morgan fingerprint density at radius 1 is 1.25 bits per heavy atom. The maximum atomic E-state index is 5.71. The van der Waals surface area contributed by atoms with Crippen molar-refractivity contribution in [2.24, 2.45) is 0 Å². The molecule has 2 atom stereocenters. The van der Waals surface area contributed by atoms with Crippen molar-refractivity contribution in [3.05, 3.63) is 58.3 Å². The second-order valence-corrected chi connectivity index (χ2v) is 7.25. The van der Waals surface area contributed by atoms with E-state index in [-0.39, 0.29) is 12.4 Å². The number of aryl methyl sites for hydroxylation is 1. The summed E-state index contributed by atoms with van der Waals surface area (Å²) in [5.41, 5.74) is 1.37. The number of hydrogen-bond acceptors (Lipinski definition) is 4. The zero-order chi connectivity index (χ0) is 15.9. The molecule has 24 heavy (non-hydrogen) atoms. The second-order valence-electron chi connectivity index (χ2n) is 6.22. The van der Waals surface area contributed by atoms with E-state index in [2.05, 4.69) is 65.1 Å². The molecule has 2 aromatic rings. The molecule has 1 saturated heterocycles. The summed E-state index contributed by atoms with van der Waals surface area (Å²) in [6, 6.07) is 16.0. The third-order valence-electron chi connectivity index (χ3n) is 4.52. The molecule has 1 aliphatic rings. The molecule has 0 spiro atoms. The van der Waals surface area contributed by atoms with E-state index in [1.807, 2.05) is 11.3 Å². The van der Waals surface area contributed by atoms with E-state index in [1.54, 1.807) is 0 Å². The fourth-order valence-electron chi connectivity index (χ4n) is 3.30. The van der Waals surface area contributed by atoms with Crippen LogP contribution in [0.15, 0.2) is 47.8 Å². The van der Waals surface area contributed by atoms with Gasteiger partial charge in [-0.2, -0.15) is 0 Å². The number of likely N-dealkylation sites (N-methyl/N-ethyl adjacent to an activating group) is 1. The van der Waals surface area contributed by atoms with Gasteiger partial charge in [0.2, 0.25) is 0 Å². The number of rotatable bonds is 7. The van der Waals surface area contributed by atoms with E-state index in [9.17, 15) is 0 Å². The lowest BCUT2D eigenvalue weighted by molar-refractivity contribution is 0.0371. The number of nitrogens with zero attached hydrogens (tertiary/aromatic N) is 1. The third-order valence-corrected chi connectivity index (χ3v) is 5.46. The molecule has 0 radical (unpaired) electrons. The Balaban J connectivity index is 0.00000208. The molecule has 5 heteroatoms. The van der Waals surface area contributed by atoms with E-state index < -0.39 is 0 Å². The van der Waals surface area contributed by atoms with Crippen LogP contribution < -0.4 is 5.32 Å². The van der Waals surface area contributed by atoms with Crippen molar-refractivity contribution in [3.63, 3.8) is 0 Å². The molecule has 1 fully saturated rings. The summed E-state index contributed by atoms with van der Waals surface area (Å²) in [5, 5.41) is 5.82. The Kier molecular flexibility index (Phi) is 8.22. The lowest BCUT2D eigenvalue weighted by Gasteiger charge is -2.37. The number of thiophene rings is 1. The molecule has 3 rings (SSSR count). The fraction of sp³-hybridized carbons (Fsp3) is 0.474. The van der Waals surface area contributed by atoms with Gasteiger partial charge in [0.25, 0.3) is 0 Å². The van der Waals surface area contributed by atoms with Crippen LogP contribution in [0.25, 0.3) is 0 Å². The molecule has 1 N–H and O–H groups in total. The highest BCUT2D eigenvalue weighted by atomic mass is 35.5. The maximum Gasteiger partial charge on any atom is 0.0635 e. The molecule has 132 valence electrons. The highest BCUT2D eigenvalue weighted by molar-refractivity contribution is 7.09. The molecule has 1 aromatic heterocycles. The fourth-order valence-corrected chi connectivity index (χ4v) is 4.02. The lowest BCUT2D eigenvalue weighted by atomic mass is 9.99. The van der Waals surface area contributed by atoms with Crippen molar-refractivity contribution in [1.82, 2.24) is 10.2 Å². The van der Waals surface area contributed by atoms with Gasteiger partial charge in [0.15, 0.2) is 0 Å². The highest BCUT2D eigenvalue weighted by Gasteiger charge is 2.27. The largest absolute Gasteiger partial charge is 0.378 e. The molecule has 0 saturated carbocycles. The Labute approximate surface area is 155 Å². The Bertz CT molecular complexity index is 558. The summed E-state index contributed by atoms with van der Waals surface area (Å²) in [6.07, 6.45) is 2.30. The molecule has 2 heterocycles. The predicted octanol–water partition coefficient (Wildman–Crippen LogP) is 3.59. The third kappa shape index (κ3) is 5.57. The van der Waals surface area contributed by atoms with Gasteiger partial charge in [0, 0.05) is 30.1 Å². The summed E-state index contributed by atoms with van der Waals surface area (Å²) < 4.78 is 5.71. The van der Waals surface area contributed by atoms with Crippen molar-refractivity contribution in [2.45, 2.75) is 31.5 Å². The Hall–Kier alpha value is -0.910. The number of benzene rings is 1. The molecule has 0 aliphatic carbocycles. The number of morpholine rings is 1. The minimum atomic E-state index is 0. The summed E-state index contributed by atoms with van der Waals surface area (Å²) in [7, 11) is 2.24. The van der Waals surface area contributed by atoms with Crippen molar-refractivity contribution in [3.8, 4) is 0 Å². The van der Waals surface area contributed by atoms with Crippen LogP contribution in [0.2, 0.25) is 0 Å². The molecular formula is C19H27ClN2OS. The average molecular weight is 367 g/mol. The number of hydrogen-bond donors (Lipinski definition) is 1. The number of ether oxygens (including phenoxy) is 1. The first-order chi connectivity index (χ1) is 11.3. The molecule has 3 nitrogen and oxygen atoms in total. The summed E-state index contributed by atoms with van der Waals surface area (Å²) >= 11 is 1.86. The maximum absolute atomic E-state index is 5.71. The van der Waals surface area contributed by atoms with Gasteiger partial charge in [-0.1, -0.05) is 36.4 Å². The van der Waals surface area contributed by atoms with Gasteiger partial charge < -0.3 is 10.1 Å². The Morgan fingerprint density at radius 3 is 2.75 bits per heavy atom. The second kappa shape index (κ2) is 10.2. The van der Waals surface area contributed by atoms with Crippen LogP contribution in [0.4, 0.5) is 0 Å². The Morgan fingerprint density at radius 2 is 2.08 bits per heavy atom. The molecule has 1 aliphatic heterocycles. The van der Waals surface area contributed by atoms with Crippen LogP contribution in [-0.4, -0.2) is 43.8 Å². The average Bonchev–Trinajstić information content (AvgIpc) is 3.10.